The third kappa shape index (κ3) is 6.64. The highest BCUT2D eigenvalue weighted by Crippen LogP contribution is 2.18. The van der Waals surface area contributed by atoms with Crippen LogP contribution in [0.4, 0.5) is 0 Å². The standard InChI is InChI=1S/C14H22N4OS.HI/c1-10-4-7-12(20-10)8-15-14(17-11-5-6-11)16-9-13(19)18(2)3;/h4,7,11H,5-6,8-9H2,1-3H3,(H2,15,16,17);1H. The maximum atomic E-state index is 11.6. The first-order chi connectivity index (χ1) is 9.54. The Labute approximate surface area is 147 Å². The van der Waals surface area contributed by atoms with Gasteiger partial charge < -0.3 is 15.5 Å². The molecule has 7 heteroatoms. The van der Waals surface area contributed by atoms with Crippen LogP contribution in [-0.2, 0) is 11.3 Å². The van der Waals surface area contributed by atoms with E-state index in [1.54, 1.807) is 30.3 Å². The molecule has 0 radical (unpaired) electrons. The van der Waals surface area contributed by atoms with E-state index in [4.69, 9.17) is 0 Å². The van der Waals surface area contributed by atoms with Crippen molar-refractivity contribution in [3.05, 3.63) is 21.9 Å². The lowest BCUT2D eigenvalue weighted by molar-refractivity contribution is -0.127. The van der Waals surface area contributed by atoms with Crippen LogP contribution in [0.5, 0.6) is 0 Å². The van der Waals surface area contributed by atoms with Crippen molar-refractivity contribution in [2.75, 3.05) is 20.6 Å². The van der Waals surface area contributed by atoms with Gasteiger partial charge in [-0.25, -0.2) is 4.99 Å². The summed E-state index contributed by atoms with van der Waals surface area (Å²) in [7, 11) is 3.49. The summed E-state index contributed by atoms with van der Waals surface area (Å²) in [6.07, 6.45) is 2.36. The minimum atomic E-state index is 0. The van der Waals surface area contributed by atoms with E-state index in [2.05, 4.69) is 34.7 Å². The number of nitrogens with one attached hydrogen (secondary N) is 2. The normalized spacial score (nSPS) is 14.3. The average molecular weight is 422 g/mol. The molecule has 0 bridgehead atoms. The number of nitrogens with zero attached hydrogens (tertiary/aromatic N) is 2. The van der Waals surface area contributed by atoms with Gasteiger partial charge in [-0.05, 0) is 31.9 Å². The number of halogens is 1. The topological polar surface area (TPSA) is 56.7 Å². The monoisotopic (exact) mass is 422 g/mol. The molecule has 1 aliphatic carbocycles. The summed E-state index contributed by atoms with van der Waals surface area (Å²) in [4.78, 5) is 20.1. The van der Waals surface area contributed by atoms with Crippen molar-refractivity contribution in [3.63, 3.8) is 0 Å². The van der Waals surface area contributed by atoms with Crippen molar-refractivity contribution in [2.24, 2.45) is 4.99 Å². The van der Waals surface area contributed by atoms with Gasteiger partial charge in [-0.1, -0.05) is 0 Å². The summed E-state index contributed by atoms with van der Waals surface area (Å²) in [6, 6.07) is 4.75. The van der Waals surface area contributed by atoms with Gasteiger partial charge in [-0.15, -0.1) is 35.3 Å². The Morgan fingerprint density at radius 1 is 1.43 bits per heavy atom. The fourth-order valence-electron chi connectivity index (χ4n) is 1.61. The molecule has 1 aliphatic rings. The first-order valence-corrected chi connectivity index (χ1v) is 7.66. The van der Waals surface area contributed by atoms with E-state index in [-0.39, 0.29) is 36.4 Å². The van der Waals surface area contributed by atoms with E-state index in [0.29, 0.717) is 6.04 Å². The Morgan fingerprint density at radius 3 is 2.67 bits per heavy atom. The Morgan fingerprint density at radius 2 is 2.14 bits per heavy atom. The second-order valence-corrected chi connectivity index (χ2v) is 6.61. The second kappa shape index (κ2) is 8.57. The van der Waals surface area contributed by atoms with Crippen molar-refractivity contribution in [2.45, 2.75) is 32.4 Å². The fraction of sp³-hybridized carbons (Fsp3) is 0.571. The lowest BCUT2D eigenvalue weighted by Crippen LogP contribution is -2.39. The quantitative estimate of drug-likeness (QED) is 0.434. The SMILES string of the molecule is Cc1ccc(CNC(=NCC(=O)N(C)C)NC2CC2)s1.I. The molecule has 1 aromatic heterocycles. The van der Waals surface area contributed by atoms with Crippen LogP contribution in [0, 0.1) is 6.92 Å². The van der Waals surface area contributed by atoms with E-state index < -0.39 is 0 Å². The van der Waals surface area contributed by atoms with Crippen LogP contribution in [-0.4, -0.2) is 43.4 Å². The van der Waals surface area contributed by atoms with E-state index >= 15 is 0 Å². The third-order valence-corrected chi connectivity index (χ3v) is 4.02. The first-order valence-electron chi connectivity index (χ1n) is 6.85. The third-order valence-electron chi connectivity index (χ3n) is 3.02. The predicted molar refractivity (Wildman–Crippen MR) is 98.5 cm³/mol. The van der Waals surface area contributed by atoms with Gasteiger partial charge >= 0.3 is 0 Å². The molecule has 118 valence electrons. The van der Waals surface area contributed by atoms with Gasteiger partial charge in [0.15, 0.2) is 5.96 Å². The molecule has 1 heterocycles. The first kappa shape index (κ1) is 18.2. The molecule has 0 aromatic carbocycles. The van der Waals surface area contributed by atoms with Crippen LogP contribution < -0.4 is 10.6 Å². The van der Waals surface area contributed by atoms with Crippen LogP contribution in [0.3, 0.4) is 0 Å². The van der Waals surface area contributed by atoms with Crippen molar-refractivity contribution >= 4 is 47.2 Å². The predicted octanol–water partition coefficient (Wildman–Crippen LogP) is 1.96. The highest BCUT2D eigenvalue weighted by molar-refractivity contribution is 14.0. The number of aliphatic imine (C=N–C) groups is 1. The van der Waals surface area contributed by atoms with Gasteiger partial charge in [0.25, 0.3) is 0 Å². The number of likely N-dealkylation sites (N-methyl/N-ethyl adjacent to an activating group) is 1. The lowest BCUT2D eigenvalue weighted by Gasteiger charge is -2.12. The molecule has 1 fully saturated rings. The Hall–Kier alpha value is -0.830. The number of rotatable bonds is 5. The number of aryl methyl sites for hydroxylation is 1. The summed E-state index contributed by atoms with van der Waals surface area (Å²) in [5, 5.41) is 6.63. The molecule has 1 aromatic rings. The fourth-order valence-corrected chi connectivity index (χ4v) is 2.44. The molecule has 0 saturated heterocycles. The van der Waals surface area contributed by atoms with E-state index in [1.807, 2.05) is 0 Å². The summed E-state index contributed by atoms with van der Waals surface area (Å²) in [5.74, 6) is 0.739. The van der Waals surface area contributed by atoms with Crippen LogP contribution >= 0.6 is 35.3 Å². The van der Waals surface area contributed by atoms with Crippen LogP contribution in [0.25, 0.3) is 0 Å². The zero-order chi connectivity index (χ0) is 14.5. The van der Waals surface area contributed by atoms with Gasteiger partial charge in [0.1, 0.15) is 6.54 Å². The minimum Gasteiger partial charge on any atom is -0.354 e. The molecule has 0 unspecified atom stereocenters. The lowest BCUT2D eigenvalue weighted by atomic mass is 10.4. The Bertz CT molecular complexity index is 497. The molecule has 5 nitrogen and oxygen atoms in total. The van der Waals surface area contributed by atoms with Gasteiger partial charge in [0.05, 0.1) is 6.54 Å². The molecule has 2 rings (SSSR count). The maximum absolute atomic E-state index is 11.6. The number of hydrogen-bond donors (Lipinski definition) is 2. The number of carbonyl (C=O) groups excluding carboxylic acids is 1. The van der Waals surface area contributed by atoms with Crippen LogP contribution in [0.1, 0.15) is 22.6 Å². The minimum absolute atomic E-state index is 0. The Kier molecular flexibility index (Phi) is 7.44. The maximum Gasteiger partial charge on any atom is 0.243 e. The second-order valence-electron chi connectivity index (χ2n) is 5.24. The molecular formula is C14H23IN4OS. The average Bonchev–Trinajstić information content (AvgIpc) is 3.13. The highest BCUT2D eigenvalue weighted by Gasteiger charge is 2.22. The van der Waals surface area contributed by atoms with Gasteiger partial charge in [-0.3, -0.25) is 4.79 Å². The summed E-state index contributed by atoms with van der Waals surface area (Å²) < 4.78 is 0. The molecule has 0 atom stereocenters. The number of thiophene rings is 1. The highest BCUT2D eigenvalue weighted by atomic mass is 127. The van der Waals surface area contributed by atoms with Crippen molar-refractivity contribution < 1.29 is 4.79 Å². The number of amides is 1. The molecule has 1 saturated carbocycles. The smallest absolute Gasteiger partial charge is 0.243 e. The largest absolute Gasteiger partial charge is 0.354 e. The summed E-state index contributed by atoms with van der Waals surface area (Å²) in [6.45, 7) is 3.02. The summed E-state index contributed by atoms with van der Waals surface area (Å²) >= 11 is 1.77. The van der Waals surface area contributed by atoms with Crippen molar-refractivity contribution in [3.8, 4) is 0 Å². The van der Waals surface area contributed by atoms with Crippen molar-refractivity contribution in [1.82, 2.24) is 15.5 Å². The van der Waals surface area contributed by atoms with Gasteiger partial charge in [0.2, 0.25) is 5.91 Å². The van der Waals surface area contributed by atoms with Gasteiger partial charge in [0, 0.05) is 29.9 Å². The molecule has 2 N–H and O–H groups in total. The van der Waals surface area contributed by atoms with E-state index in [0.717, 1.165) is 12.5 Å². The summed E-state index contributed by atoms with van der Waals surface area (Å²) in [5.41, 5.74) is 0. The zero-order valence-corrected chi connectivity index (χ0v) is 15.8. The van der Waals surface area contributed by atoms with Crippen LogP contribution in [0.2, 0.25) is 0 Å². The van der Waals surface area contributed by atoms with E-state index in [9.17, 15) is 4.79 Å². The molecule has 1 amide bonds. The molecule has 21 heavy (non-hydrogen) atoms. The van der Waals surface area contributed by atoms with Gasteiger partial charge in [-0.2, -0.15) is 0 Å². The molecule has 0 aliphatic heterocycles. The number of hydrogen-bond acceptors (Lipinski definition) is 3. The zero-order valence-electron chi connectivity index (χ0n) is 12.7. The molecular weight excluding hydrogens is 399 g/mol. The molecule has 0 spiro atoms. The van der Waals surface area contributed by atoms with Crippen molar-refractivity contribution in [1.29, 1.82) is 0 Å². The number of carbonyl (C=O) groups is 1. The van der Waals surface area contributed by atoms with Crippen LogP contribution in [0.15, 0.2) is 17.1 Å². The number of guanidine groups is 1. The Balaban J connectivity index is 0.00000220. The van der Waals surface area contributed by atoms with E-state index in [1.165, 1.54) is 22.6 Å².